The highest BCUT2D eigenvalue weighted by molar-refractivity contribution is 6.03. The minimum absolute atomic E-state index is 0.254. The summed E-state index contributed by atoms with van der Waals surface area (Å²) in [6.45, 7) is 0. The Hall–Kier alpha value is -3.22. The third kappa shape index (κ3) is 2.05. The van der Waals surface area contributed by atoms with Crippen LogP contribution in [0.1, 0.15) is 11.6 Å². The number of fused-ring (bicyclic) bond motifs is 2. The third-order valence-corrected chi connectivity index (χ3v) is 4.09. The zero-order valence-electron chi connectivity index (χ0n) is 12.6. The Balaban J connectivity index is 1.90. The molecule has 1 aromatic heterocycles. The summed E-state index contributed by atoms with van der Waals surface area (Å²) in [6, 6.07) is 8.09. The zero-order valence-corrected chi connectivity index (χ0v) is 12.6. The number of ether oxygens (including phenoxy) is 1. The summed E-state index contributed by atoms with van der Waals surface area (Å²) < 4.78 is 19.7. The van der Waals surface area contributed by atoms with Crippen molar-refractivity contribution in [3.05, 3.63) is 64.5 Å². The van der Waals surface area contributed by atoms with Crippen LogP contribution in [-0.2, 0) is 4.79 Å². The van der Waals surface area contributed by atoms with Crippen molar-refractivity contribution in [2.75, 3.05) is 12.4 Å². The van der Waals surface area contributed by atoms with Crippen LogP contribution in [0.15, 0.2) is 47.5 Å². The minimum atomic E-state index is -0.819. The third-order valence-electron chi connectivity index (χ3n) is 4.09. The molecule has 0 bridgehead atoms. The molecule has 3 aromatic rings. The van der Waals surface area contributed by atoms with E-state index in [1.165, 1.54) is 36.2 Å². The molecular formula is C17H12FN3O3. The maximum Gasteiger partial charge on any atom is 0.262 e. The van der Waals surface area contributed by atoms with Crippen molar-refractivity contribution in [3.8, 4) is 5.75 Å². The molecule has 7 heteroatoms. The van der Waals surface area contributed by atoms with Gasteiger partial charge in [0.05, 0.1) is 30.0 Å². The maximum atomic E-state index is 13.3. The van der Waals surface area contributed by atoms with Gasteiger partial charge in [0.1, 0.15) is 17.6 Å². The molecule has 0 saturated carbocycles. The fraction of sp³-hybridized carbons (Fsp3) is 0.118. The molecule has 2 aromatic carbocycles. The van der Waals surface area contributed by atoms with Crippen LogP contribution in [0.2, 0.25) is 0 Å². The smallest absolute Gasteiger partial charge is 0.262 e. The van der Waals surface area contributed by atoms with Crippen molar-refractivity contribution in [3.63, 3.8) is 0 Å². The number of aromatic nitrogens is 2. The zero-order chi connectivity index (χ0) is 16.8. The summed E-state index contributed by atoms with van der Waals surface area (Å²) in [5.41, 5.74) is 1.11. The highest BCUT2D eigenvalue weighted by Gasteiger charge is 2.33. The molecular weight excluding hydrogens is 313 g/mol. The van der Waals surface area contributed by atoms with Gasteiger partial charge < -0.3 is 10.1 Å². The number of halogens is 1. The van der Waals surface area contributed by atoms with Crippen LogP contribution in [-0.4, -0.2) is 22.6 Å². The van der Waals surface area contributed by atoms with Crippen molar-refractivity contribution in [1.29, 1.82) is 0 Å². The second-order valence-corrected chi connectivity index (χ2v) is 5.46. The molecule has 4 rings (SSSR count). The molecule has 1 N–H and O–H groups in total. The summed E-state index contributed by atoms with van der Waals surface area (Å²) in [6.07, 6.45) is 1.27. The topological polar surface area (TPSA) is 73.2 Å². The Morgan fingerprint density at radius 1 is 1.21 bits per heavy atom. The molecule has 0 fully saturated rings. The number of benzene rings is 2. The second-order valence-electron chi connectivity index (χ2n) is 5.46. The molecule has 0 aliphatic carbocycles. The van der Waals surface area contributed by atoms with Gasteiger partial charge in [-0.2, -0.15) is 0 Å². The highest BCUT2D eigenvalue weighted by Crippen LogP contribution is 2.35. The number of methoxy groups -OCH3 is 1. The van der Waals surface area contributed by atoms with Gasteiger partial charge in [-0.05, 0) is 18.2 Å². The monoisotopic (exact) mass is 325 g/mol. The molecule has 0 radical (unpaired) electrons. The Kier molecular flexibility index (Phi) is 3.09. The van der Waals surface area contributed by atoms with E-state index in [-0.39, 0.29) is 16.8 Å². The van der Waals surface area contributed by atoms with Crippen LogP contribution in [0, 0.1) is 5.82 Å². The number of hydrogen-bond donors (Lipinski definition) is 1. The van der Waals surface area contributed by atoms with Crippen molar-refractivity contribution in [1.82, 2.24) is 9.55 Å². The van der Waals surface area contributed by atoms with Gasteiger partial charge in [0.25, 0.3) is 11.5 Å². The number of nitrogens with zero attached hydrogens (tertiary/aromatic N) is 2. The lowest BCUT2D eigenvalue weighted by atomic mass is 10.1. The predicted octanol–water partition coefficient (Wildman–Crippen LogP) is 2.09. The molecule has 2 heterocycles. The van der Waals surface area contributed by atoms with Gasteiger partial charge in [-0.3, -0.25) is 14.2 Å². The second kappa shape index (κ2) is 5.16. The first-order valence-electron chi connectivity index (χ1n) is 7.23. The Morgan fingerprint density at radius 3 is 2.83 bits per heavy atom. The van der Waals surface area contributed by atoms with Gasteiger partial charge in [0.15, 0.2) is 0 Å². The lowest BCUT2D eigenvalue weighted by Gasteiger charge is -2.13. The van der Waals surface area contributed by atoms with Crippen LogP contribution >= 0.6 is 0 Å². The Bertz CT molecular complexity index is 1040. The number of carbonyl (C=O) groups is 1. The number of nitrogens with one attached hydrogen (secondary N) is 1. The van der Waals surface area contributed by atoms with Gasteiger partial charge in [-0.1, -0.05) is 6.07 Å². The normalized spacial score (nSPS) is 16.1. The largest absolute Gasteiger partial charge is 0.497 e. The van der Waals surface area contributed by atoms with Crippen molar-refractivity contribution in [2.45, 2.75) is 6.04 Å². The molecule has 0 unspecified atom stereocenters. The van der Waals surface area contributed by atoms with Gasteiger partial charge in [-0.15, -0.1) is 0 Å². The SMILES string of the molecule is COc1ccc2c(c1)NC(=O)[C@H]2n1cnc2cc(F)ccc2c1=O. The van der Waals surface area contributed by atoms with Crippen LogP contribution < -0.4 is 15.6 Å². The number of carbonyl (C=O) groups excluding carboxylic acids is 1. The molecule has 1 aliphatic rings. The fourth-order valence-corrected chi connectivity index (χ4v) is 2.92. The molecule has 120 valence electrons. The van der Waals surface area contributed by atoms with Crippen molar-refractivity contribution < 1.29 is 13.9 Å². The fourth-order valence-electron chi connectivity index (χ4n) is 2.92. The molecule has 6 nitrogen and oxygen atoms in total. The van der Waals surface area contributed by atoms with E-state index in [1.807, 2.05) is 0 Å². The van der Waals surface area contributed by atoms with E-state index < -0.39 is 17.4 Å². The van der Waals surface area contributed by atoms with Crippen LogP contribution in [0.5, 0.6) is 5.75 Å². The molecule has 1 amide bonds. The lowest BCUT2D eigenvalue weighted by Crippen LogP contribution is -2.30. The van der Waals surface area contributed by atoms with E-state index in [0.29, 0.717) is 17.0 Å². The number of amides is 1. The summed E-state index contributed by atoms with van der Waals surface area (Å²) in [4.78, 5) is 29.2. The van der Waals surface area contributed by atoms with E-state index in [1.54, 1.807) is 18.2 Å². The highest BCUT2D eigenvalue weighted by atomic mass is 19.1. The average molecular weight is 325 g/mol. The minimum Gasteiger partial charge on any atom is -0.497 e. The number of anilines is 1. The quantitative estimate of drug-likeness (QED) is 0.783. The van der Waals surface area contributed by atoms with Gasteiger partial charge in [0, 0.05) is 17.7 Å². The van der Waals surface area contributed by atoms with Gasteiger partial charge in [-0.25, -0.2) is 9.37 Å². The summed E-state index contributed by atoms with van der Waals surface area (Å²) in [5, 5.41) is 3.00. The summed E-state index contributed by atoms with van der Waals surface area (Å²) >= 11 is 0. The van der Waals surface area contributed by atoms with Gasteiger partial charge in [0.2, 0.25) is 0 Å². The molecule has 1 atom stereocenters. The number of hydrogen-bond acceptors (Lipinski definition) is 4. The summed E-state index contributed by atoms with van der Waals surface area (Å²) in [5.74, 6) is -0.194. The Morgan fingerprint density at radius 2 is 2.04 bits per heavy atom. The first-order valence-corrected chi connectivity index (χ1v) is 7.23. The first kappa shape index (κ1) is 14.4. The average Bonchev–Trinajstić information content (AvgIpc) is 2.90. The molecule has 0 saturated heterocycles. The molecule has 24 heavy (non-hydrogen) atoms. The molecule has 0 spiro atoms. The Labute approximate surface area is 135 Å². The van der Waals surface area contributed by atoms with E-state index in [2.05, 4.69) is 10.3 Å². The standard InChI is InChI=1S/C17H12FN3O3/c1-24-10-3-5-11-14(7-10)20-16(22)15(11)21-8-19-13-6-9(18)2-4-12(13)17(21)23/h2-8,15H,1H3,(H,20,22)/t15-/m0/s1. The number of rotatable bonds is 2. The lowest BCUT2D eigenvalue weighted by molar-refractivity contribution is -0.117. The van der Waals surface area contributed by atoms with Crippen LogP contribution in [0.25, 0.3) is 10.9 Å². The van der Waals surface area contributed by atoms with Gasteiger partial charge >= 0.3 is 0 Å². The first-order chi connectivity index (χ1) is 11.6. The predicted molar refractivity (Wildman–Crippen MR) is 85.7 cm³/mol. The van der Waals surface area contributed by atoms with Crippen molar-refractivity contribution in [2.24, 2.45) is 0 Å². The van der Waals surface area contributed by atoms with E-state index in [4.69, 9.17) is 4.74 Å². The van der Waals surface area contributed by atoms with Crippen molar-refractivity contribution >= 4 is 22.5 Å². The van der Waals surface area contributed by atoms with Crippen LogP contribution in [0.3, 0.4) is 0 Å². The van der Waals surface area contributed by atoms with E-state index in [0.717, 1.165) is 0 Å². The van der Waals surface area contributed by atoms with E-state index in [9.17, 15) is 14.0 Å². The maximum absolute atomic E-state index is 13.3. The van der Waals surface area contributed by atoms with Crippen LogP contribution in [0.4, 0.5) is 10.1 Å². The summed E-state index contributed by atoms with van der Waals surface area (Å²) in [7, 11) is 1.53. The van der Waals surface area contributed by atoms with E-state index >= 15 is 0 Å². The molecule has 1 aliphatic heterocycles.